The summed E-state index contributed by atoms with van der Waals surface area (Å²) in [4.78, 5) is 0. The molecule has 0 N–H and O–H groups in total. The van der Waals surface area contributed by atoms with Crippen LogP contribution < -0.4 is 0 Å². The molecule has 4 aromatic rings. The predicted octanol–water partition coefficient (Wildman–Crippen LogP) is 4.37. The van der Waals surface area contributed by atoms with Crippen LogP contribution in [0.15, 0.2) is 54.6 Å². The van der Waals surface area contributed by atoms with Crippen LogP contribution >= 0.6 is 0 Å². The predicted molar refractivity (Wildman–Crippen MR) is 107 cm³/mol. The van der Waals surface area contributed by atoms with Gasteiger partial charge in [-0.15, -0.1) is 10.2 Å². The van der Waals surface area contributed by atoms with Gasteiger partial charge >= 0.3 is 0 Å². The molecule has 0 saturated carbocycles. The van der Waals surface area contributed by atoms with Crippen LogP contribution in [0.1, 0.15) is 34.5 Å². The maximum atomic E-state index is 4.95. The summed E-state index contributed by atoms with van der Waals surface area (Å²) in [5.41, 5.74) is 8.53. The van der Waals surface area contributed by atoms with Crippen molar-refractivity contribution in [3.63, 3.8) is 0 Å². The second-order valence-electron chi connectivity index (χ2n) is 7.40. The van der Waals surface area contributed by atoms with Gasteiger partial charge in [0, 0.05) is 12.0 Å². The quantitative estimate of drug-likeness (QED) is 0.546. The first-order chi connectivity index (χ1) is 13.3. The molecule has 1 aliphatic rings. The fraction of sp³-hybridized carbons (Fsp3) is 0.261. The number of nitrogens with zero attached hydrogens (tertiary/aromatic N) is 4. The highest BCUT2D eigenvalue weighted by Gasteiger charge is 2.19. The highest BCUT2D eigenvalue weighted by molar-refractivity contribution is 5.70. The molecule has 134 valence electrons. The minimum atomic E-state index is 0.860. The summed E-state index contributed by atoms with van der Waals surface area (Å²) in [7, 11) is 0. The number of hydrogen-bond acceptors (Lipinski definition) is 3. The van der Waals surface area contributed by atoms with Crippen LogP contribution in [0, 0.1) is 6.92 Å². The monoisotopic (exact) mass is 354 g/mol. The molecule has 4 nitrogen and oxygen atoms in total. The Hall–Kier alpha value is -3.01. The fourth-order valence-corrected chi connectivity index (χ4v) is 3.93. The Bertz CT molecular complexity index is 1110. The van der Waals surface area contributed by atoms with Crippen LogP contribution in [0.4, 0.5) is 0 Å². The lowest BCUT2D eigenvalue weighted by Gasteiger charge is -2.18. The van der Waals surface area contributed by atoms with E-state index in [4.69, 9.17) is 5.10 Å². The van der Waals surface area contributed by atoms with E-state index in [0.717, 1.165) is 49.3 Å². The van der Waals surface area contributed by atoms with Crippen molar-refractivity contribution in [2.75, 3.05) is 0 Å². The number of fused-ring (bicyclic) bond motifs is 4. The van der Waals surface area contributed by atoms with Gasteiger partial charge in [0.2, 0.25) is 0 Å². The van der Waals surface area contributed by atoms with E-state index in [1.807, 2.05) is 4.52 Å². The minimum Gasteiger partial charge on any atom is -0.197 e. The first-order valence-corrected chi connectivity index (χ1v) is 9.66. The molecule has 0 saturated heterocycles. The van der Waals surface area contributed by atoms with Crippen LogP contribution in [0.25, 0.3) is 16.9 Å². The van der Waals surface area contributed by atoms with Crippen LogP contribution in [0.3, 0.4) is 0 Å². The Labute approximate surface area is 158 Å². The molecular formula is C23H22N4. The molecule has 5 rings (SSSR count). The van der Waals surface area contributed by atoms with Crippen LogP contribution in [-0.4, -0.2) is 19.8 Å². The Balaban J connectivity index is 1.42. The average Bonchev–Trinajstić information content (AvgIpc) is 3.10. The van der Waals surface area contributed by atoms with Crippen molar-refractivity contribution in [2.24, 2.45) is 0 Å². The second-order valence-corrected chi connectivity index (χ2v) is 7.40. The summed E-state index contributed by atoms with van der Waals surface area (Å²) >= 11 is 0. The summed E-state index contributed by atoms with van der Waals surface area (Å²) in [5.74, 6) is 0.947. The van der Waals surface area contributed by atoms with Gasteiger partial charge in [0.1, 0.15) is 0 Å². The van der Waals surface area contributed by atoms with Crippen molar-refractivity contribution >= 4 is 5.65 Å². The highest BCUT2D eigenvalue weighted by Crippen LogP contribution is 2.32. The second kappa shape index (κ2) is 6.62. The van der Waals surface area contributed by atoms with E-state index in [-0.39, 0.29) is 0 Å². The number of rotatable bonds is 4. The van der Waals surface area contributed by atoms with Gasteiger partial charge in [-0.25, -0.2) is 0 Å². The van der Waals surface area contributed by atoms with Gasteiger partial charge in [-0.3, -0.25) is 0 Å². The zero-order valence-electron chi connectivity index (χ0n) is 15.5. The third-order valence-corrected chi connectivity index (χ3v) is 5.46. The summed E-state index contributed by atoms with van der Waals surface area (Å²) in [6.45, 7) is 2.12. The molecular weight excluding hydrogens is 332 g/mol. The van der Waals surface area contributed by atoms with Crippen LogP contribution in [0.5, 0.6) is 0 Å². The standard InChI is InChI=1S/C23H22N4/c1-16-9-11-17(12-10-16)5-4-8-21-24-25-22-15-19-14-13-18-6-2-3-7-20(18)23(19)26-27(21)22/h2-3,6-7,9-12,15H,4-5,8,13-14H2,1H3. The molecule has 0 amide bonds. The molecule has 0 atom stereocenters. The highest BCUT2D eigenvalue weighted by atomic mass is 15.4. The Kier molecular flexibility index (Phi) is 3.97. The van der Waals surface area contributed by atoms with E-state index in [1.54, 1.807) is 0 Å². The Morgan fingerprint density at radius 3 is 2.59 bits per heavy atom. The van der Waals surface area contributed by atoms with E-state index in [2.05, 4.69) is 71.7 Å². The Morgan fingerprint density at radius 2 is 1.70 bits per heavy atom. The van der Waals surface area contributed by atoms with E-state index in [9.17, 15) is 0 Å². The summed E-state index contributed by atoms with van der Waals surface area (Å²) in [6, 6.07) is 19.5. The van der Waals surface area contributed by atoms with Gasteiger partial charge in [0.25, 0.3) is 0 Å². The molecule has 0 fully saturated rings. The number of benzene rings is 2. The van der Waals surface area contributed by atoms with Crippen molar-refractivity contribution in [3.05, 3.63) is 82.7 Å². The number of aromatic nitrogens is 4. The van der Waals surface area contributed by atoms with Gasteiger partial charge < -0.3 is 0 Å². The van der Waals surface area contributed by atoms with Crippen molar-refractivity contribution in [1.82, 2.24) is 19.8 Å². The lowest BCUT2D eigenvalue weighted by molar-refractivity contribution is 0.729. The van der Waals surface area contributed by atoms with Crippen molar-refractivity contribution in [3.8, 4) is 11.3 Å². The van der Waals surface area contributed by atoms with E-state index < -0.39 is 0 Å². The van der Waals surface area contributed by atoms with Gasteiger partial charge in [-0.2, -0.15) is 9.61 Å². The molecule has 0 aliphatic heterocycles. The van der Waals surface area contributed by atoms with Gasteiger partial charge in [-0.05, 0) is 55.4 Å². The Morgan fingerprint density at radius 1 is 0.889 bits per heavy atom. The van der Waals surface area contributed by atoms with E-state index in [1.165, 1.54) is 27.8 Å². The maximum Gasteiger partial charge on any atom is 0.178 e. The zero-order valence-corrected chi connectivity index (χ0v) is 15.5. The van der Waals surface area contributed by atoms with Crippen molar-refractivity contribution in [2.45, 2.75) is 39.0 Å². The van der Waals surface area contributed by atoms with E-state index >= 15 is 0 Å². The average molecular weight is 354 g/mol. The molecule has 1 aliphatic carbocycles. The fourth-order valence-electron chi connectivity index (χ4n) is 3.93. The normalized spacial score (nSPS) is 12.8. The smallest absolute Gasteiger partial charge is 0.178 e. The van der Waals surface area contributed by atoms with E-state index in [0.29, 0.717) is 0 Å². The van der Waals surface area contributed by atoms with Crippen molar-refractivity contribution < 1.29 is 0 Å². The largest absolute Gasteiger partial charge is 0.197 e. The SMILES string of the molecule is Cc1ccc(CCCc2nnc3cc4c(nn23)-c2ccccc2CC4)cc1. The lowest BCUT2D eigenvalue weighted by Crippen LogP contribution is -2.10. The number of aryl methyl sites for hydroxylation is 5. The third-order valence-electron chi connectivity index (χ3n) is 5.46. The molecule has 2 heterocycles. The number of hydrogen-bond donors (Lipinski definition) is 0. The molecule has 4 heteroatoms. The summed E-state index contributed by atoms with van der Waals surface area (Å²) in [6.07, 6.45) is 5.05. The maximum absolute atomic E-state index is 4.95. The van der Waals surface area contributed by atoms with Gasteiger partial charge in [0.05, 0.1) is 5.69 Å². The van der Waals surface area contributed by atoms with Crippen LogP contribution in [0.2, 0.25) is 0 Å². The first-order valence-electron chi connectivity index (χ1n) is 9.66. The third kappa shape index (κ3) is 3.01. The zero-order chi connectivity index (χ0) is 18.2. The minimum absolute atomic E-state index is 0.860. The molecule has 0 unspecified atom stereocenters. The first kappa shape index (κ1) is 16.2. The molecule has 2 aromatic heterocycles. The lowest BCUT2D eigenvalue weighted by atomic mass is 9.89. The summed E-state index contributed by atoms with van der Waals surface area (Å²) in [5, 5.41) is 13.7. The molecule has 0 spiro atoms. The topological polar surface area (TPSA) is 43.1 Å². The summed E-state index contributed by atoms with van der Waals surface area (Å²) < 4.78 is 1.94. The molecule has 0 bridgehead atoms. The van der Waals surface area contributed by atoms with Crippen molar-refractivity contribution in [1.29, 1.82) is 0 Å². The molecule has 2 aromatic carbocycles. The van der Waals surface area contributed by atoms with Gasteiger partial charge in [-0.1, -0.05) is 54.1 Å². The molecule has 27 heavy (non-hydrogen) atoms. The van der Waals surface area contributed by atoms with Crippen LogP contribution in [-0.2, 0) is 25.7 Å². The molecule has 0 radical (unpaired) electrons. The van der Waals surface area contributed by atoms with Gasteiger partial charge in [0.15, 0.2) is 11.5 Å².